The molecule has 3 rings (SSSR count). The van der Waals surface area contributed by atoms with Crippen molar-refractivity contribution >= 4 is 28.4 Å². The minimum atomic E-state index is -5.09. The van der Waals surface area contributed by atoms with E-state index in [0.717, 1.165) is 0 Å². The van der Waals surface area contributed by atoms with E-state index in [9.17, 15) is 28.1 Å². The van der Waals surface area contributed by atoms with Crippen LogP contribution in [0.25, 0.3) is 22.1 Å². The molecule has 0 aliphatic rings. The smallest absolute Gasteiger partial charge is 0.398 e. The SMILES string of the molecule is O=C(Nc1cccc2c(-c3ccccc3)c([N+](=O)[O-])oc12)C(F)(F)F. The normalized spacial score (nSPS) is 11.5. The van der Waals surface area contributed by atoms with Gasteiger partial charge >= 0.3 is 18.0 Å². The Morgan fingerprint density at radius 2 is 1.76 bits per heavy atom. The zero-order chi connectivity index (χ0) is 18.2. The fourth-order valence-electron chi connectivity index (χ4n) is 2.41. The summed E-state index contributed by atoms with van der Waals surface area (Å²) in [5, 5.41) is 13.2. The van der Waals surface area contributed by atoms with Gasteiger partial charge in [0, 0.05) is 5.39 Å². The molecule has 0 radical (unpaired) electrons. The fraction of sp³-hybridized carbons (Fsp3) is 0.0625. The number of anilines is 1. The van der Waals surface area contributed by atoms with E-state index < -0.39 is 22.9 Å². The van der Waals surface area contributed by atoms with Gasteiger partial charge in [0.2, 0.25) is 0 Å². The zero-order valence-electron chi connectivity index (χ0n) is 12.3. The van der Waals surface area contributed by atoms with Crippen molar-refractivity contribution < 1.29 is 27.3 Å². The Morgan fingerprint density at radius 3 is 2.36 bits per heavy atom. The number of fused-ring (bicyclic) bond motifs is 1. The molecule has 0 saturated carbocycles. The van der Waals surface area contributed by atoms with Crippen molar-refractivity contribution in [2.75, 3.05) is 5.32 Å². The standard InChI is InChI=1S/C16H9F3N2O4/c17-16(18,19)15(22)20-11-8-4-7-10-12(9-5-2-1-3-6-9)14(21(23)24)25-13(10)11/h1-8H,(H,20,22). The van der Waals surface area contributed by atoms with Crippen molar-refractivity contribution in [2.45, 2.75) is 6.18 Å². The van der Waals surface area contributed by atoms with E-state index in [1.807, 2.05) is 0 Å². The third-order valence-corrected chi connectivity index (χ3v) is 3.43. The van der Waals surface area contributed by atoms with Gasteiger partial charge in [0.15, 0.2) is 5.58 Å². The minimum absolute atomic E-state index is 0.128. The maximum absolute atomic E-state index is 12.5. The lowest BCUT2D eigenvalue weighted by Gasteiger charge is -2.07. The highest BCUT2D eigenvalue weighted by molar-refractivity contribution is 6.07. The van der Waals surface area contributed by atoms with Gasteiger partial charge in [0.05, 0.1) is 5.69 Å². The number of furan rings is 1. The van der Waals surface area contributed by atoms with E-state index in [-0.39, 0.29) is 22.2 Å². The summed E-state index contributed by atoms with van der Waals surface area (Å²) < 4.78 is 42.6. The molecule has 0 aliphatic carbocycles. The number of amides is 1. The quantitative estimate of drug-likeness (QED) is 0.556. The molecule has 9 heteroatoms. The van der Waals surface area contributed by atoms with E-state index in [2.05, 4.69) is 0 Å². The first kappa shape index (κ1) is 16.5. The molecule has 25 heavy (non-hydrogen) atoms. The summed E-state index contributed by atoms with van der Waals surface area (Å²) in [6.07, 6.45) is -5.09. The molecule has 0 fully saturated rings. The van der Waals surface area contributed by atoms with Crippen molar-refractivity contribution in [2.24, 2.45) is 0 Å². The number of nitrogens with one attached hydrogen (secondary N) is 1. The first-order valence-electron chi connectivity index (χ1n) is 6.92. The molecule has 6 nitrogen and oxygen atoms in total. The lowest BCUT2D eigenvalue weighted by Crippen LogP contribution is -2.29. The molecule has 1 N–H and O–H groups in total. The van der Waals surface area contributed by atoms with Crippen molar-refractivity contribution in [1.29, 1.82) is 0 Å². The Balaban J connectivity index is 2.21. The molecule has 0 aliphatic heterocycles. The lowest BCUT2D eigenvalue weighted by atomic mass is 10.0. The van der Waals surface area contributed by atoms with Crippen molar-refractivity contribution in [1.82, 2.24) is 0 Å². The maximum atomic E-state index is 12.5. The molecule has 0 bridgehead atoms. The molecule has 1 heterocycles. The van der Waals surface area contributed by atoms with Crippen LogP contribution in [0.5, 0.6) is 0 Å². The first-order chi connectivity index (χ1) is 11.8. The van der Waals surface area contributed by atoms with Crippen LogP contribution in [0.4, 0.5) is 24.7 Å². The monoisotopic (exact) mass is 350 g/mol. The number of hydrogen-bond donors (Lipinski definition) is 1. The van der Waals surface area contributed by atoms with Gasteiger partial charge in [-0.15, -0.1) is 0 Å². The van der Waals surface area contributed by atoms with Gasteiger partial charge < -0.3 is 9.73 Å². The summed E-state index contributed by atoms with van der Waals surface area (Å²) >= 11 is 0. The average Bonchev–Trinajstić information content (AvgIpc) is 2.95. The summed E-state index contributed by atoms with van der Waals surface area (Å²) in [5.74, 6) is -2.81. The van der Waals surface area contributed by atoms with Gasteiger partial charge in [-0.1, -0.05) is 42.5 Å². The highest BCUT2D eigenvalue weighted by Crippen LogP contribution is 2.42. The third kappa shape index (κ3) is 3.03. The summed E-state index contributed by atoms with van der Waals surface area (Å²) in [4.78, 5) is 21.7. The Hall–Kier alpha value is -3.36. The van der Waals surface area contributed by atoms with Gasteiger partial charge in [-0.05, 0) is 11.6 Å². The van der Waals surface area contributed by atoms with Crippen LogP contribution in [-0.2, 0) is 4.79 Å². The van der Waals surface area contributed by atoms with E-state index in [4.69, 9.17) is 4.42 Å². The summed E-state index contributed by atoms with van der Waals surface area (Å²) in [6, 6.07) is 12.3. The van der Waals surface area contributed by atoms with Crippen LogP contribution in [0, 0.1) is 10.1 Å². The Bertz CT molecular complexity index is 965. The van der Waals surface area contributed by atoms with Crippen molar-refractivity contribution in [3.63, 3.8) is 0 Å². The molecule has 1 aromatic heterocycles. The topological polar surface area (TPSA) is 85.4 Å². The van der Waals surface area contributed by atoms with E-state index >= 15 is 0 Å². The highest BCUT2D eigenvalue weighted by Gasteiger charge is 2.39. The second kappa shape index (κ2) is 5.93. The largest absolute Gasteiger partial charge is 0.471 e. The van der Waals surface area contributed by atoms with Crippen LogP contribution in [0.3, 0.4) is 0 Å². The van der Waals surface area contributed by atoms with Gasteiger partial charge in [0.25, 0.3) is 0 Å². The molecular formula is C16H9F3N2O4. The van der Waals surface area contributed by atoms with Crippen LogP contribution in [0.1, 0.15) is 0 Å². The number of para-hydroxylation sites is 1. The third-order valence-electron chi connectivity index (χ3n) is 3.43. The summed E-state index contributed by atoms with van der Waals surface area (Å²) in [5.41, 5.74) is 0.0896. The maximum Gasteiger partial charge on any atom is 0.471 e. The number of halogens is 3. The summed E-state index contributed by atoms with van der Waals surface area (Å²) in [6.45, 7) is 0. The van der Waals surface area contributed by atoms with Gasteiger partial charge in [-0.25, -0.2) is 0 Å². The summed E-state index contributed by atoms with van der Waals surface area (Å²) in [7, 11) is 0. The van der Waals surface area contributed by atoms with Gasteiger partial charge in [-0.2, -0.15) is 13.2 Å². The van der Waals surface area contributed by atoms with E-state index in [1.54, 1.807) is 35.6 Å². The van der Waals surface area contributed by atoms with Crippen LogP contribution in [0.15, 0.2) is 52.9 Å². The van der Waals surface area contributed by atoms with E-state index in [1.165, 1.54) is 18.2 Å². The minimum Gasteiger partial charge on any atom is -0.398 e. The van der Waals surface area contributed by atoms with Crippen LogP contribution in [0.2, 0.25) is 0 Å². The number of benzene rings is 2. The van der Waals surface area contributed by atoms with Crippen molar-refractivity contribution in [3.05, 3.63) is 58.6 Å². The van der Waals surface area contributed by atoms with Crippen LogP contribution >= 0.6 is 0 Å². The molecule has 0 unspecified atom stereocenters. The van der Waals surface area contributed by atoms with Crippen LogP contribution < -0.4 is 5.32 Å². The average molecular weight is 350 g/mol. The van der Waals surface area contributed by atoms with Crippen molar-refractivity contribution in [3.8, 4) is 11.1 Å². The number of hydrogen-bond acceptors (Lipinski definition) is 4. The predicted octanol–water partition coefficient (Wildman–Crippen LogP) is 4.51. The number of carbonyl (C=O) groups excluding carboxylic acids is 1. The molecular weight excluding hydrogens is 341 g/mol. The van der Waals surface area contributed by atoms with Gasteiger partial charge in [-0.3, -0.25) is 14.9 Å². The highest BCUT2D eigenvalue weighted by atomic mass is 19.4. The number of nitrogens with zero attached hydrogens (tertiary/aromatic N) is 1. The van der Waals surface area contributed by atoms with Gasteiger partial charge in [0.1, 0.15) is 10.5 Å². The fourth-order valence-corrected chi connectivity index (χ4v) is 2.41. The second-order valence-electron chi connectivity index (χ2n) is 5.04. The molecule has 1 amide bonds. The van der Waals surface area contributed by atoms with Crippen LogP contribution in [-0.4, -0.2) is 17.0 Å². The number of alkyl halides is 3. The predicted molar refractivity (Wildman–Crippen MR) is 83.0 cm³/mol. The molecule has 0 atom stereocenters. The number of carbonyl (C=O) groups is 1. The molecule has 0 saturated heterocycles. The molecule has 0 spiro atoms. The first-order valence-corrected chi connectivity index (χ1v) is 6.92. The molecule has 128 valence electrons. The lowest BCUT2D eigenvalue weighted by molar-refractivity contribution is -0.400. The Morgan fingerprint density at radius 1 is 1.08 bits per heavy atom. The Labute approximate surface area is 138 Å². The zero-order valence-corrected chi connectivity index (χ0v) is 12.3. The molecule has 3 aromatic rings. The number of rotatable bonds is 3. The Kier molecular flexibility index (Phi) is 3.91. The van der Waals surface area contributed by atoms with E-state index in [0.29, 0.717) is 5.56 Å². The number of nitro groups is 1. The second-order valence-corrected chi connectivity index (χ2v) is 5.04. The molecule has 2 aromatic carbocycles.